The number of anilines is 2. The van der Waals surface area contributed by atoms with Gasteiger partial charge in [0.15, 0.2) is 11.4 Å². The van der Waals surface area contributed by atoms with Crippen LogP contribution in [-0.4, -0.2) is 53.7 Å². The minimum Gasteiger partial charge on any atom is -0.462 e. The van der Waals surface area contributed by atoms with Crippen molar-refractivity contribution in [2.75, 3.05) is 42.6 Å². The average molecular weight is 417 g/mol. The van der Waals surface area contributed by atoms with Crippen LogP contribution < -0.4 is 9.80 Å². The van der Waals surface area contributed by atoms with E-state index in [4.69, 9.17) is 9.15 Å². The number of carbonyl (C=O) groups excluding carboxylic acids is 1. The van der Waals surface area contributed by atoms with Gasteiger partial charge in [0.1, 0.15) is 23.2 Å². The second-order valence-electron chi connectivity index (χ2n) is 7.43. The molecule has 0 radical (unpaired) electrons. The van der Waals surface area contributed by atoms with E-state index >= 15 is 0 Å². The number of rotatable bonds is 4. The highest BCUT2D eigenvalue weighted by atomic mass is 16.5. The van der Waals surface area contributed by atoms with Gasteiger partial charge in [-0.1, -0.05) is 12.1 Å². The first-order valence-corrected chi connectivity index (χ1v) is 10.5. The van der Waals surface area contributed by atoms with E-state index in [-0.39, 0.29) is 5.97 Å². The van der Waals surface area contributed by atoms with Crippen molar-refractivity contribution >= 4 is 39.7 Å². The number of esters is 1. The summed E-state index contributed by atoms with van der Waals surface area (Å²) >= 11 is 0. The molecule has 0 bridgehead atoms. The third-order valence-corrected chi connectivity index (χ3v) is 5.52. The van der Waals surface area contributed by atoms with E-state index in [2.05, 4.69) is 24.8 Å². The van der Waals surface area contributed by atoms with Crippen LogP contribution >= 0.6 is 0 Å². The molecule has 0 saturated carbocycles. The smallest absolute Gasteiger partial charge is 0.339 e. The number of ether oxygens (including phenoxy) is 1. The van der Waals surface area contributed by atoms with E-state index in [1.54, 1.807) is 25.5 Å². The van der Waals surface area contributed by atoms with Crippen molar-refractivity contribution in [2.24, 2.45) is 0 Å². The number of hydrogen-bond acceptors (Lipinski definition) is 8. The van der Waals surface area contributed by atoms with Gasteiger partial charge in [-0.3, -0.25) is 0 Å². The first kappa shape index (κ1) is 19.3. The van der Waals surface area contributed by atoms with Crippen molar-refractivity contribution in [1.29, 1.82) is 0 Å². The topological polar surface area (TPSA) is 84.6 Å². The largest absolute Gasteiger partial charge is 0.462 e. The molecule has 1 aromatic carbocycles. The number of aromatic nitrogens is 3. The summed E-state index contributed by atoms with van der Waals surface area (Å²) < 4.78 is 11.1. The summed E-state index contributed by atoms with van der Waals surface area (Å²) in [6.07, 6.45) is 4.14. The van der Waals surface area contributed by atoms with E-state index < -0.39 is 0 Å². The number of hydrogen-bond donors (Lipinski definition) is 0. The monoisotopic (exact) mass is 417 g/mol. The summed E-state index contributed by atoms with van der Waals surface area (Å²) in [6, 6.07) is 11.6. The van der Waals surface area contributed by atoms with E-state index in [0.29, 0.717) is 12.2 Å². The fourth-order valence-corrected chi connectivity index (χ4v) is 4.00. The van der Waals surface area contributed by atoms with Crippen molar-refractivity contribution in [3.8, 4) is 0 Å². The lowest BCUT2D eigenvalue weighted by Gasteiger charge is -2.23. The van der Waals surface area contributed by atoms with Crippen molar-refractivity contribution in [1.82, 2.24) is 15.0 Å². The molecule has 31 heavy (non-hydrogen) atoms. The Bertz CT molecular complexity index is 1220. The van der Waals surface area contributed by atoms with Crippen LogP contribution in [0.15, 0.2) is 53.3 Å². The molecule has 8 nitrogen and oxygen atoms in total. The van der Waals surface area contributed by atoms with Gasteiger partial charge in [0.05, 0.1) is 12.2 Å². The van der Waals surface area contributed by atoms with Crippen molar-refractivity contribution in [3.63, 3.8) is 0 Å². The number of para-hydroxylation sites is 1. The van der Waals surface area contributed by atoms with Gasteiger partial charge >= 0.3 is 5.97 Å². The Morgan fingerprint density at radius 3 is 2.71 bits per heavy atom. The molecule has 1 aliphatic heterocycles. The van der Waals surface area contributed by atoms with Gasteiger partial charge in [0, 0.05) is 37.8 Å². The van der Waals surface area contributed by atoms with Gasteiger partial charge in [-0.15, -0.1) is 0 Å². The molecule has 4 aromatic rings. The molecule has 3 aromatic heterocycles. The SMILES string of the molecule is CCOC(=O)c1ccc(N2CCCN(c3ncnc4c3oc3ccccc34)CC2)nc1. The minimum atomic E-state index is -0.345. The molecule has 0 spiro atoms. The maximum Gasteiger partial charge on any atom is 0.339 e. The van der Waals surface area contributed by atoms with Crippen molar-refractivity contribution < 1.29 is 13.9 Å². The number of carbonyl (C=O) groups is 1. The van der Waals surface area contributed by atoms with Crippen LogP contribution in [0.25, 0.3) is 22.1 Å². The maximum absolute atomic E-state index is 11.9. The lowest BCUT2D eigenvalue weighted by atomic mass is 10.2. The molecule has 158 valence electrons. The molecule has 1 fully saturated rings. The average Bonchev–Trinajstić information content (AvgIpc) is 3.01. The zero-order chi connectivity index (χ0) is 21.2. The molecule has 1 aliphatic rings. The maximum atomic E-state index is 11.9. The van der Waals surface area contributed by atoms with Crippen molar-refractivity contribution in [2.45, 2.75) is 13.3 Å². The molecule has 0 atom stereocenters. The lowest BCUT2D eigenvalue weighted by Crippen LogP contribution is -2.31. The molecule has 0 unspecified atom stereocenters. The molecule has 0 amide bonds. The number of benzene rings is 1. The number of pyridine rings is 1. The van der Waals surface area contributed by atoms with Gasteiger partial charge in [0.2, 0.25) is 0 Å². The zero-order valence-electron chi connectivity index (χ0n) is 17.3. The number of furan rings is 1. The molecule has 5 rings (SSSR count). The molecule has 4 heterocycles. The Balaban J connectivity index is 1.36. The molecular weight excluding hydrogens is 394 g/mol. The first-order valence-electron chi connectivity index (χ1n) is 10.5. The van der Waals surface area contributed by atoms with E-state index in [1.807, 2.05) is 30.3 Å². The van der Waals surface area contributed by atoms with Crippen LogP contribution in [0.3, 0.4) is 0 Å². The lowest BCUT2D eigenvalue weighted by molar-refractivity contribution is 0.0526. The zero-order valence-corrected chi connectivity index (χ0v) is 17.3. The Morgan fingerprint density at radius 1 is 1.03 bits per heavy atom. The second kappa shape index (κ2) is 8.22. The molecule has 0 aliphatic carbocycles. The van der Waals surface area contributed by atoms with Gasteiger partial charge in [0.25, 0.3) is 0 Å². The van der Waals surface area contributed by atoms with Gasteiger partial charge in [-0.2, -0.15) is 0 Å². The normalized spacial score (nSPS) is 14.7. The highest BCUT2D eigenvalue weighted by molar-refractivity contribution is 6.05. The van der Waals surface area contributed by atoms with Crippen LogP contribution in [0.5, 0.6) is 0 Å². The predicted octanol–water partition coefficient (Wildman–Crippen LogP) is 3.66. The summed E-state index contributed by atoms with van der Waals surface area (Å²) in [5.74, 6) is 1.34. The van der Waals surface area contributed by atoms with Crippen LogP contribution in [0.4, 0.5) is 11.6 Å². The fraction of sp³-hybridized carbons (Fsp3) is 0.304. The Hall–Kier alpha value is -3.68. The van der Waals surface area contributed by atoms with Crippen LogP contribution in [0.2, 0.25) is 0 Å². The Kier molecular flexibility index (Phi) is 5.11. The third kappa shape index (κ3) is 3.65. The highest BCUT2D eigenvalue weighted by Crippen LogP contribution is 2.32. The fourth-order valence-electron chi connectivity index (χ4n) is 4.00. The number of nitrogens with zero attached hydrogens (tertiary/aromatic N) is 5. The standard InChI is InChI=1S/C23H23N5O3/c1-2-30-23(29)16-8-9-19(24-14-16)27-10-5-11-28(13-12-27)22-21-20(25-15-26-22)17-6-3-4-7-18(17)31-21/h3-4,6-9,14-15H,2,5,10-13H2,1H3. The quantitative estimate of drug-likeness (QED) is 0.465. The Labute approximate surface area is 179 Å². The third-order valence-electron chi connectivity index (χ3n) is 5.52. The van der Waals surface area contributed by atoms with Crippen molar-refractivity contribution in [3.05, 3.63) is 54.5 Å². The second-order valence-corrected chi connectivity index (χ2v) is 7.43. The molecule has 8 heteroatoms. The van der Waals surface area contributed by atoms with E-state index in [9.17, 15) is 4.79 Å². The summed E-state index contributed by atoms with van der Waals surface area (Å²) in [5, 5.41) is 1.00. The highest BCUT2D eigenvalue weighted by Gasteiger charge is 2.22. The minimum absolute atomic E-state index is 0.345. The number of fused-ring (bicyclic) bond motifs is 3. The molecule has 0 N–H and O–H groups in total. The first-order chi connectivity index (χ1) is 15.2. The summed E-state index contributed by atoms with van der Waals surface area (Å²) in [7, 11) is 0. The van der Waals surface area contributed by atoms with Gasteiger partial charge < -0.3 is 19.0 Å². The van der Waals surface area contributed by atoms with E-state index in [1.165, 1.54) is 0 Å². The molecule has 1 saturated heterocycles. The van der Waals surface area contributed by atoms with Crippen LogP contribution in [0, 0.1) is 0 Å². The van der Waals surface area contributed by atoms with Crippen LogP contribution in [0.1, 0.15) is 23.7 Å². The van der Waals surface area contributed by atoms with E-state index in [0.717, 1.165) is 66.3 Å². The molecular formula is C23H23N5O3. The Morgan fingerprint density at radius 2 is 1.87 bits per heavy atom. The van der Waals surface area contributed by atoms with Gasteiger partial charge in [-0.25, -0.2) is 19.7 Å². The summed E-state index contributed by atoms with van der Waals surface area (Å²) in [4.78, 5) is 29.8. The summed E-state index contributed by atoms with van der Waals surface area (Å²) in [6.45, 7) is 5.45. The summed E-state index contributed by atoms with van der Waals surface area (Å²) in [5.41, 5.74) is 2.86. The van der Waals surface area contributed by atoms with Gasteiger partial charge in [-0.05, 0) is 37.6 Å². The van der Waals surface area contributed by atoms with Crippen LogP contribution in [-0.2, 0) is 4.74 Å². The predicted molar refractivity (Wildman–Crippen MR) is 119 cm³/mol.